The van der Waals surface area contributed by atoms with E-state index in [0.717, 1.165) is 0 Å². The Kier molecular flexibility index (Phi) is 3.95. The van der Waals surface area contributed by atoms with Crippen LogP contribution in [-0.2, 0) is 0 Å². The van der Waals surface area contributed by atoms with Gasteiger partial charge in [-0.05, 0) is 6.92 Å². The highest BCUT2D eigenvalue weighted by Crippen LogP contribution is 2.37. The molecular weight excluding hydrogens is 232 g/mol. The van der Waals surface area contributed by atoms with E-state index < -0.39 is 4.92 Å². The molecule has 88 valence electrons. The zero-order chi connectivity index (χ0) is 12.3. The zero-order valence-electron chi connectivity index (χ0n) is 9.36. The molecule has 6 heteroatoms. The number of hydrogen-bond acceptors (Lipinski definition) is 4. The summed E-state index contributed by atoms with van der Waals surface area (Å²) in [7, 11) is 3.46. The predicted octanol–water partition coefficient (Wildman–Crippen LogP) is 2.71. The molecule has 0 aliphatic carbocycles. The second-order valence-electron chi connectivity index (χ2n) is 3.36. The van der Waals surface area contributed by atoms with Gasteiger partial charge in [-0.15, -0.1) is 0 Å². The fourth-order valence-electron chi connectivity index (χ4n) is 1.30. The molecule has 0 saturated carbocycles. The van der Waals surface area contributed by atoms with E-state index in [1.807, 2.05) is 6.92 Å². The lowest BCUT2D eigenvalue weighted by Crippen LogP contribution is -2.11. The Bertz CT molecular complexity index is 407. The van der Waals surface area contributed by atoms with Gasteiger partial charge in [0.2, 0.25) is 0 Å². The van der Waals surface area contributed by atoms with Gasteiger partial charge in [0.25, 0.3) is 5.69 Å². The third-order valence-electron chi connectivity index (χ3n) is 2.01. The molecule has 0 aliphatic rings. The van der Waals surface area contributed by atoms with Crippen molar-refractivity contribution < 1.29 is 9.66 Å². The van der Waals surface area contributed by atoms with Crippen molar-refractivity contribution in [2.75, 3.05) is 25.6 Å². The van der Waals surface area contributed by atoms with Crippen LogP contribution in [0.3, 0.4) is 0 Å². The smallest absolute Gasteiger partial charge is 0.294 e. The highest BCUT2D eigenvalue weighted by atomic mass is 35.5. The number of ether oxygens (including phenoxy) is 1. The van der Waals surface area contributed by atoms with Gasteiger partial charge >= 0.3 is 0 Å². The van der Waals surface area contributed by atoms with Gasteiger partial charge in [0.1, 0.15) is 11.4 Å². The Morgan fingerprint density at radius 3 is 2.56 bits per heavy atom. The summed E-state index contributed by atoms with van der Waals surface area (Å²) in [6, 6.07) is 2.88. The van der Waals surface area contributed by atoms with Crippen LogP contribution in [0.25, 0.3) is 0 Å². The molecule has 0 aromatic heterocycles. The standard InChI is InChI=1S/C10H13ClN2O3/c1-4-16-10-6-8(12(2)3)9(13(14)15)5-7(10)11/h5-6H,4H2,1-3H3. The van der Waals surface area contributed by atoms with Crippen molar-refractivity contribution in [1.29, 1.82) is 0 Å². The zero-order valence-corrected chi connectivity index (χ0v) is 10.1. The molecule has 0 aliphatic heterocycles. The van der Waals surface area contributed by atoms with Crippen LogP contribution in [0.4, 0.5) is 11.4 Å². The van der Waals surface area contributed by atoms with E-state index in [1.165, 1.54) is 6.07 Å². The van der Waals surface area contributed by atoms with Crippen molar-refractivity contribution in [1.82, 2.24) is 0 Å². The first-order chi connectivity index (χ1) is 7.47. The first-order valence-electron chi connectivity index (χ1n) is 4.75. The normalized spacial score (nSPS) is 10.0. The van der Waals surface area contributed by atoms with Crippen LogP contribution in [0, 0.1) is 10.1 Å². The van der Waals surface area contributed by atoms with Gasteiger partial charge in [-0.3, -0.25) is 10.1 Å². The fraction of sp³-hybridized carbons (Fsp3) is 0.400. The van der Waals surface area contributed by atoms with Gasteiger partial charge < -0.3 is 9.64 Å². The van der Waals surface area contributed by atoms with Crippen LogP contribution in [0.1, 0.15) is 6.92 Å². The van der Waals surface area contributed by atoms with Crippen molar-refractivity contribution in [3.05, 3.63) is 27.3 Å². The number of nitro groups is 1. The van der Waals surface area contributed by atoms with Gasteiger partial charge in [0.05, 0.1) is 16.6 Å². The van der Waals surface area contributed by atoms with Gasteiger partial charge in [0.15, 0.2) is 0 Å². The largest absolute Gasteiger partial charge is 0.492 e. The molecule has 0 fully saturated rings. The van der Waals surface area contributed by atoms with Crippen molar-refractivity contribution >= 4 is 23.0 Å². The number of halogens is 1. The van der Waals surface area contributed by atoms with Crippen molar-refractivity contribution in [3.63, 3.8) is 0 Å². The predicted molar refractivity (Wildman–Crippen MR) is 63.6 cm³/mol. The van der Waals surface area contributed by atoms with Gasteiger partial charge in [-0.2, -0.15) is 0 Å². The molecule has 1 aromatic rings. The van der Waals surface area contributed by atoms with Gasteiger partial charge in [-0.25, -0.2) is 0 Å². The molecule has 0 bridgehead atoms. The second-order valence-corrected chi connectivity index (χ2v) is 3.76. The van der Waals surface area contributed by atoms with Crippen LogP contribution in [0.2, 0.25) is 5.02 Å². The maximum absolute atomic E-state index is 10.8. The lowest BCUT2D eigenvalue weighted by Gasteiger charge is -2.15. The number of rotatable bonds is 4. The van der Waals surface area contributed by atoms with Crippen molar-refractivity contribution in [2.24, 2.45) is 0 Å². The molecule has 0 heterocycles. The van der Waals surface area contributed by atoms with E-state index >= 15 is 0 Å². The Morgan fingerprint density at radius 2 is 2.12 bits per heavy atom. The molecule has 0 saturated heterocycles. The van der Waals surface area contributed by atoms with Gasteiger partial charge in [0, 0.05) is 26.2 Å². The summed E-state index contributed by atoms with van der Waals surface area (Å²) in [5, 5.41) is 11.1. The maximum atomic E-state index is 10.8. The lowest BCUT2D eigenvalue weighted by atomic mass is 10.2. The van der Waals surface area contributed by atoms with Gasteiger partial charge in [-0.1, -0.05) is 11.6 Å². The third kappa shape index (κ3) is 2.55. The molecule has 1 rings (SSSR count). The third-order valence-corrected chi connectivity index (χ3v) is 2.30. The van der Waals surface area contributed by atoms with Crippen LogP contribution in [-0.4, -0.2) is 25.6 Å². The summed E-state index contributed by atoms with van der Waals surface area (Å²) in [5.41, 5.74) is 0.441. The average molecular weight is 245 g/mol. The minimum atomic E-state index is -0.461. The fourth-order valence-corrected chi connectivity index (χ4v) is 1.52. The molecular formula is C10H13ClN2O3. The summed E-state index contributed by atoms with van der Waals surface area (Å²) in [6.07, 6.45) is 0. The molecule has 16 heavy (non-hydrogen) atoms. The Morgan fingerprint density at radius 1 is 1.50 bits per heavy atom. The van der Waals surface area contributed by atoms with E-state index in [-0.39, 0.29) is 10.7 Å². The topological polar surface area (TPSA) is 55.6 Å². The molecule has 0 atom stereocenters. The highest BCUT2D eigenvalue weighted by Gasteiger charge is 2.19. The Hall–Kier alpha value is -1.49. The minimum absolute atomic E-state index is 0.0292. The second kappa shape index (κ2) is 5.03. The summed E-state index contributed by atoms with van der Waals surface area (Å²) < 4.78 is 5.28. The summed E-state index contributed by atoms with van der Waals surface area (Å²) in [6.45, 7) is 2.29. The van der Waals surface area contributed by atoms with Crippen LogP contribution >= 0.6 is 11.6 Å². The number of anilines is 1. The quantitative estimate of drug-likeness (QED) is 0.604. The maximum Gasteiger partial charge on any atom is 0.294 e. The number of benzene rings is 1. The Balaban J connectivity index is 3.31. The highest BCUT2D eigenvalue weighted by molar-refractivity contribution is 6.32. The van der Waals surface area contributed by atoms with E-state index in [2.05, 4.69) is 0 Å². The van der Waals surface area contributed by atoms with Crippen LogP contribution in [0.15, 0.2) is 12.1 Å². The van der Waals surface area contributed by atoms with E-state index in [0.29, 0.717) is 18.0 Å². The molecule has 1 aromatic carbocycles. The van der Waals surface area contributed by atoms with E-state index in [4.69, 9.17) is 16.3 Å². The Labute approximate surface area is 98.7 Å². The van der Waals surface area contributed by atoms with Crippen molar-refractivity contribution in [3.8, 4) is 5.75 Å². The summed E-state index contributed by atoms with van der Waals surface area (Å²) in [5.74, 6) is 0.457. The van der Waals surface area contributed by atoms with Crippen LogP contribution < -0.4 is 9.64 Å². The molecule has 0 unspecified atom stereocenters. The molecule has 0 spiro atoms. The number of nitro benzene ring substituents is 1. The molecule has 0 N–H and O–H groups in total. The van der Waals surface area contributed by atoms with E-state index in [9.17, 15) is 10.1 Å². The van der Waals surface area contributed by atoms with E-state index in [1.54, 1.807) is 25.1 Å². The monoisotopic (exact) mass is 244 g/mol. The average Bonchev–Trinajstić information content (AvgIpc) is 2.20. The first kappa shape index (κ1) is 12.6. The molecule has 0 radical (unpaired) electrons. The van der Waals surface area contributed by atoms with Crippen LogP contribution in [0.5, 0.6) is 5.75 Å². The summed E-state index contributed by atoms with van der Waals surface area (Å²) >= 11 is 5.88. The lowest BCUT2D eigenvalue weighted by molar-refractivity contribution is -0.384. The SMILES string of the molecule is CCOc1cc(N(C)C)c([N+](=O)[O-])cc1Cl. The number of hydrogen-bond donors (Lipinski definition) is 0. The van der Waals surface area contributed by atoms with Crippen molar-refractivity contribution in [2.45, 2.75) is 6.92 Å². The number of nitrogens with zero attached hydrogens (tertiary/aromatic N) is 2. The molecule has 5 nitrogen and oxygen atoms in total. The molecule has 0 amide bonds. The minimum Gasteiger partial charge on any atom is -0.492 e. The summed E-state index contributed by atoms with van der Waals surface area (Å²) in [4.78, 5) is 12.0. The first-order valence-corrected chi connectivity index (χ1v) is 5.13.